The second kappa shape index (κ2) is 11.2. The number of anilines is 1. The van der Waals surface area contributed by atoms with E-state index in [9.17, 15) is 18.0 Å². The molecular formula is C30H36N4O5S. The van der Waals surface area contributed by atoms with Gasteiger partial charge in [-0.2, -0.15) is 4.31 Å². The van der Waals surface area contributed by atoms with Crippen molar-refractivity contribution in [1.82, 2.24) is 9.29 Å². The lowest BCUT2D eigenvalue weighted by molar-refractivity contribution is -0.122. The van der Waals surface area contributed by atoms with E-state index < -0.39 is 15.9 Å². The van der Waals surface area contributed by atoms with Gasteiger partial charge in [0.05, 0.1) is 23.4 Å². The van der Waals surface area contributed by atoms with Gasteiger partial charge in [0.2, 0.25) is 15.9 Å². The minimum Gasteiger partial charge on any atom is -0.381 e. The average molecular weight is 565 g/mol. The summed E-state index contributed by atoms with van der Waals surface area (Å²) < 4.78 is 30.8. The van der Waals surface area contributed by atoms with Crippen LogP contribution in [-0.4, -0.2) is 62.1 Å². The van der Waals surface area contributed by atoms with Crippen molar-refractivity contribution >= 4 is 44.0 Å². The Labute approximate surface area is 234 Å². The molecule has 40 heavy (non-hydrogen) atoms. The van der Waals surface area contributed by atoms with Crippen molar-refractivity contribution in [1.29, 1.82) is 0 Å². The maximum Gasteiger partial charge on any atom is 0.250 e. The summed E-state index contributed by atoms with van der Waals surface area (Å²) in [5.41, 5.74) is 12.1. The highest BCUT2D eigenvalue weighted by Gasteiger charge is 2.28. The van der Waals surface area contributed by atoms with E-state index in [1.165, 1.54) is 10.6 Å². The van der Waals surface area contributed by atoms with E-state index in [4.69, 9.17) is 10.5 Å². The van der Waals surface area contributed by atoms with E-state index in [1.54, 1.807) is 13.2 Å². The molecule has 3 aromatic rings. The Morgan fingerprint density at radius 3 is 2.62 bits per heavy atom. The third-order valence-corrected chi connectivity index (χ3v) is 9.53. The van der Waals surface area contributed by atoms with Crippen LogP contribution in [0.25, 0.3) is 27.6 Å². The van der Waals surface area contributed by atoms with Gasteiger partial charge >= 0.3 is 0 Å². The number of H-pyrrole nitrogens is 1. The van der Waals surface area contributed by atoms with Crippen molar-refractivity contribution in [3.8, 4) is 11.1 Å². The molecule has 1 aliphatic carbocycles. The molecule has 1 aromatic heterocycles. The van der Waals surface area contributed by atoms with Gasteiger partial charge < -0.3 is 20.8 Å². The number of hydrogen-bond acceptors (Lipinski definition) is 5. The minimum absolute atomic E-state index is 0.00697. The van der Waals surface area contributed by atoms with Crippen LogP contribution in [0.4, 0.5) is 5.69 Å². The van der Waals surface area contributed by atoms with Crippen molar-refractivity contribution in [3.63, 3.8) is 0 Å². The SMILES string of the molecule is COC1CCCC(C(=O)Nc2cccc(-c3ccc(C(N)=O)c4[nH]c(C5=CCN(S(C)(=O)=O)CC5)cc34)c2C)C1. The van der Waals surface area contributed by atoms with Crippen molar-refractivity contribution < 1.29 is 22.7 Å². The first-order valence-electron chi connectivity index (χ1n) is 13.6. The molecule has 2 unspecified atom stereocenters. The number of rotatable bonds is 7. The summed E-state index contributed by atoms with van der Waals surface area (Å²) in [6.07, 6.45) is 7.31. The van der Waals surface area contributed by atoms with Gasteiger partial charge in [0.1, 0.15) is 0 Å². The Morgan fingerprint density at radius 2 is 1.95 bits per heavy atom. The summed E-state index contributed by atoms with van der Waals surface area (Å²) >= 11 is 0. The summed E-state index contributed by atoms with van der Waals surface area (Å²) in [5.74, 6) is -0.615. The van der Waals surface area contributed by atoms with Crippen molar-refractivity contribution in [2.45, 2.75) is 45.1 Å². The van der Waals surface area contributed by atoms with Crippen LogP contribution in [0.15, 0.2) is 42.5 Å². The number of amides is 2. The molecule has 1 saturated carbocycles. The Balaban J connectivity index is 1.50. The van der Waals surface area contributed by atoms with E-state index in [2.05, 4.69) is 10.3 Å². The number of nitrogens with zero attached hydrogens (tertiary/aromatic N) is 1. The van der Waals surface area contributed by atoms with Crippen LogP contribution < -0.4 is 11.1 Å². The molecule has 212 valence electrons. The quantitative estimate of drug-likeness (QED) is 0.390. The highest BCUT2D eigenvalue weighted by Crippen LogP contribution is 2.38. The number of aromatic nitrogens is 1. The Hall–Kier alpha value is -3.47. The first-order valence-corrected chi connectivity index (χ1v) is 15.4. The summed E-state index contributed by atoms with van der Waals surface area (Å²) in [6, 6.07) is 11.4. The zero-order valence-corrected chi connectivity index (χ0v) is 23.9. The monoisotopic (exact) mass is 564 g/mol. The van der Waals surface area contributed by atoms with E-state index in [-0.39, 0.29) is 17.9 Å². The van der Waals surface area contributed by atoms with Gasteiger partial charge in [0.25, 0.3) is 5.91 Å². The topological polar surface area (TPSA) is 135 Å². The molecule has 0 saturated heterocycles. The third kappa shape index (κ3) is 5.56. The highest BCUT2D eigenvalue weighted by molar-refractivity contribution is 7.88. The maximum atomic E-state index is 13.2. The molecule has 10 heteroatoms. The summed E-state index contributed by atoms with van der Waals surface area (Å²) in [7, 11) is -1.57. The lowest BCUT2D eigenvalue weighted by atomic mass is 9.86. The van der Waals surface area contributed by atoms with Gasteiger partial charge in [-0.15, -0.1) is 0 Å². The molecule has 5 rings (SSSR count). The van der Waals surface area contributed by atoms with Crippen LogP contribution in [0.2, 0.25) is 0 Å². The Morgan fingerprint density at radius 1 is 1.15 bits per heavy atom. The zero-order valence-electron chi connectivity index (χ0n) is 23.1. The fourth-order valence-corrected chi connectivity index (χ4v) is 6.69. The standard InChI is InChI=1S/C30H36N4O5S/c1-18-22(8-5-9-26(18)33-30(36)20-6-4-7-21(16-20)39-2)23-10-11-24(29(31)35)28-25(23)17-27(32-28)19-12-14-34(15-13-19)40(3,37)38/h5,8-12,17,20-21,32H,4,6-7,13-16H2,1-3H3,(H2,31,35)(H,33,36). The molecule has 4 N–H and O–H groups in total. The number of methoxy groups -OCH3 is 1. The number of carbonyl (C=O) groups excluding carboxylic acids is 2. The van der Waals surface area contributed by atoms with Gasteiger partial charge in [-0.3, -0.25) is 9.59 Å². The van der Waals surface area contributed by atoms with Crippen molar-refractivity contribution in [3.05, 3.63) is 59.3 Å². The molecule has 2 aromatic carbocycles. The molecular weight excluding hydrogens is 528 g/mol. The first-order chi connectivity index (χ1) is 19.1. The molecule has 0 bridgehead atoms. The van der Waals surface area contributed by atoms with Gasteiger partial charge in [0.15, 0.2) is 0 Å². The number of nitrogens with two attached hydrogens (primary N) is 1. The number of primary amides is 1. The second-order valence-corrected chi connectivity index (χ2v) is 12.8. The van der Waals surface area contributed by atoms with E-state index in [0.29, 0.717) is 30.6 Å². The number of hydrogen-bond donors (Lipinski definition) is 3. The third-order valence-electron chi connectivity index (χ3n) is 8.26. The van der Waals surface area contributed by atoms with Crippen molar-refractivity contribution in [2.24, 2.45) is 11.7 Å². The van der Waals surface area contributed by atoms with Crippen LogP contribution in [0.5, 0.6) is 0 Å². The fraction of sp³-hybridized carbons (Fsp3) is 0.400. The molecule has 2 aliphatic rings. The van der Waals surface area contributed by atoms with Crippen LogP contribution in [-0.2, 0) is 19.6 Å². The number of benzene rings is 2. The van der Waals surface area contributed by atoms with Crippen LogP contribution >= 0.6 is 0 Å². The van der Waals surface area contributed by atoms with Crippen LogP contribution in [0, 0.1) is 12.8 Å². The first kappa shape index (κ1) is 28.1. The molecule has 0 radical (unpaired) electrons. The molecule has 1 aliphatic heterocycles. The summed E-state index contributed by atoms with van der Waals surface area (Å²) in [4.78, 5) is 28.8. The van der Waals surface area contributed by atoms with Crippen LogP contribution in [0.3, 0.4) is 0 Å². The van der Waals surface area contributed by atoms with Gasteiger partial charge in [-0.05, 0) is 73.1 Å². The van der Waals surface area contributed by atoms with Gasteiger partial charge in [-0.1, -0.05) is 30.7 Å². The van der Waals surface area contributed by atoms with Crippen molar-refractivity contribution in [2.75, 3.05) is 31.8 Å². The van der Waals surface area contributed by atoms with E-state index in [0.717, 1.165) is 64.7 Å². The summed E-state index contributed by atoms with van der Waals surface area (Å²) in [6.45, 7) is 2.67. The predicted octanol–water partition coefficient (Wildman–Crippen LogP) is 4.43. The number of aromatic amines is 1. The number of sulfonamides is 1. The second-order valence-electron chi connectivity index (χ2n) is 10.8. The Kier molecular flexibility index (Phi) is 7.85. The molecule has 2 heterocycles. The maximum absolute atomic E-state index is 13.2. The number of ether oxygens (including phenoxy) is 1. The molecule has 2 amide bonds. The summed E-state index contributed by atoms with van der Waals surface area (Å²) in [5, 5.41) is 3.98. The van der Waals surface area contributed by atoms with Crippen LogP contribution in [0.1, 0.15) is 53.7 Å². The Bertz CT molecular complexity index is 1610. The predicted molar refractivity (Wildman–Crippen MR) is 157 cm³/mol. The molecule has 1 fully saturated rings. The van der Waals surface area contributed by atoms with E-state index >= 15 is 0 Å². The lowest BCUT2D eigenvalue weighted by Gasteiger charge is -2.27. The number of fused-ring (bicyclic) bond motifs is 1. The largest absolute Gasteiger partial charge is 0.381 e. The fourth-order valence-electron chi connectivity index (χ4n) is 5.92. The van der Waals surface area contributed by atoms with E-state index in [1.807, 2.05) is 43.3 Å². The average Bonchev–Trinajstić information content (AvgIpc) is 3.39. The molecule has 2 atom stereocenters. The zero-order chi connectivity index (χ0) is 28.6. The van der Waals surface area contributed by atoms with Gasteiger partial charge in [0, 0.05) is 42.9 Å². The smallest absolute Gasteiger partial charge is 0.250 e. The normalized spacial score (nSPS) is 20.3. The number of nitrogens with one attached hydrogen (secondary N) is 2. The van der Waals surface area contributed by atoms with Gasteiger partial charge in [-0.25, -0.2) is 8.42 Å². The lowest BCUT2D eigenvalue weighted by Crippen LogP contribution is -2.33. The highest BCUT2D eigenvalue weighted by atomic mass is 32.2. The molecule has 9 nitrogen and oxygen atoms in total. The molecule has 0 spiro atoms. The minimum atomic E-state index is -3.26. The number of carbonyl (C=O) groups is 2.